The quantitative estimate of drug-likeness (QED) is 0.690. The molecule has 0 saturated carbocycles. The molecule has 1 aliphatic rings. The van der Waals surface area contributed by atoms with Crippen molar-refractivity contribution in [3.8, 4) is 0 Å². The van der Waals surface area contributed by atoms with Gasteiger partial charge in [-0.05, 0) is 40.4 Å². The molecule has 0 bridgehead atoms. The van der Waals surface area contributed by atoms with Crippen molar-refractivity contribution in [2.24, 2.45) is 0 Å². The molecule has 0 atom stereocenters. The summed E-state index contributed by atoms with van der Waals surface area (Å²) in [5.74, 6) is -0.352. The molecule has 2 aromatic heterocycles. The van der Waals surface area contributed by atoms with Crippen molar-refractivity contribution in [1.82, 2.24) is 9.62 Å². The summed E-state index contributed by atoms with van der Waals surface area (Å²) < 4.78 is 27.8. The van der Waals surface area contributed by atoms with Crippen molar-refractivity contribution < 1.29 is 13.2 Å². The van der Waals surface area contributed by atoms with E-state index in [1.165, 1.54) is 15.9 Å². The Bertz CT molecular complexity index is 1060. The molecule has 3 aromatic rings. The molecule has 0 saturated heterocycles. The summed E-state index contributed by atoms with van der Waals surface area (Å²) in [5.41, 5.74) is 2.20. The summed E-state index contributed by atoms with van der Waals surface area (Å²) >= 11 is 2.71. The van der Waals surface area contributed by atoms with Gasteiger partial charge in [-0.3, -0.25) is 4.79 Å². The van der Waals surface area contributed by atoms with E-state index in [2.05, 4.69) is 5.32 Å². The van der Waals surface area contributed by atoms with Gasteiger partial charge in [-0.15, -0.1) is 22.7 Å². The highest BCUT2D eigenvalue weighted by molar-refractivity contribution is 7.89. The molecule has 3 heterocycles. The van der Waals surface area contributed by atoms with E-state index < -0.39 is 10.0 Å². The average Bonchev–Trinajstić information content (AvgIpc) is 3.37. The minimum Gasteiger partial charge on any atom is -0.346 e. The molecule has 0 unspecified atom stereocenters. The van der Waals surface area contributed by atoms with Crippen LogP contribution < -0.4 is 5.32 Å². The zero-order chi connectivity index (χ0) is 18.9. The SMILES string of the molecule is O=C(NCc1cccs1)c1sccc1S(=O)(=O)N1CCc2ccccc2C1. The Labute approximate surface area is 166 Å². The van der Waals surface area contributed by atoms with E-state index in [-0.39, 0.29) is 15.7 Å². The smallest absolute Gasteiger partial charge is 0.263 e. The van der Waals surface area contributed by atoms with Crippen molar-refractivity contribution >= 4 is 38.6 Å². The van der Waals surface area contributed by atoms with Crippen LogP contribution in [0.5, 0.6) is 0 Å². The Balaban J connectivity index is 1.55. The van der Waals surface area contributed by atoms with Crippen LogP contribution >= 0.6 is 22.7 Å². The molecular weight excluding hydrogens is 400 g/mol. The Hall–Kier alpha value is -2.00. The van der Waals surface area contributed by atoms with Crippen molar-refractivity contribution in [1.29, 1.82) is 0 Å². The normalized spacial score (nSPS) is 14.7. The molecule has 0 spiro atoms. The Morgan fingerprint density at radius 1 is 1.04 bits per heavy atom. The van der Waals surface area contributed by atoms with E-state index >= 15 is 0 Å². The monoisotopic (exact) mass is 418 g/mol. The Morgan fingerprint density at radius 3 is 2.63 bits per heavy atom. The predicted molar refractivity (Wildman–Crippen MR) is 108 cm³/mol. The van der Waals surface area contributed by atoms with Crippen LogP contribution in [-0.4, -0.2) is 25.2 Å². The van der Waals surface area contributed by atoms with Crippen LogP contribution in [0, 0.1) is 0 Å². The minimum absolute atomic E-state index is 0.0931. The van der Waals surface area contributed by atoms with E-state index in [0.29, 0.717) is 26.1 Å². The first kappa shape index (κ1) is 18.4. The van der Waals surface area contributed by atoms with Crippen LogP contribution in [0.25, 0.3) is 0 Å². The van der Waals surface area contributed by atoms with Gasteiger partial charge in [0.1, 0.15) is 9.77 Å². The fourth-order valence-corrected chi connectivity index (χ4v) is 6.52. The van der Waals surface area contributed by atoms with E-state index in [1.54, 1.807) is 16.7 Å². The van der Waals surface area contributed by atoms with E-state index in [9.17, 15) is 13.2 Å². The number of fused-ring (bicyclic) bond motifs is 1. The summed E-state index contributed by atoms with van der Waals surface area (Å²) in [6.07, 6.45) is 0.680. The Kier molecular flexibility index (Phi) is 5.14. The largest absolute Gasteiger partial charge is 0.346 e. The second kappa shape index (κ2) is 7.55. The third-order valence-corrected chi connectivity index (χ3v) is 8.36. The molecule has 1 aliphatic heterocycles. The van der Waals surface area contributed by atoms with Gasteiger partial charge < -0.3 is 5.32 Å². The maximum Gasteiger partial charge on any atom is 0.263 e. The lowest BCUT2D eigenvalue weighted by Crippen LogP contribution is -2.36. The molecule has 0 fully saturated rings. The third kappa shape index (κ3) is 3.70. The van der Waals surface area contributed by atoms with E-state index in [0.717, 1.165) is 21.8 Å². The first-order chi connectivity index (χ1) is 13.1. The highest BCUT2D eigenvalue weighted by atomic mass is 32.2. The van der Waals surface area contributed by atoms with Crippen molar-refractivity contribution in [3.63, 3.8) is 0 Å². The molecule has 1 aromatic carbocycles. The van der Waals surface area contributed by atoms with Gasteiger partial charge in [0, 0.05) is 18.0 Å². The molecule has 8 heteroatoms. The summed E-state index contributed by atoms with van der Waals surface area (Å²) in [6, 6.07) is 13.3. The number of thiophene rings is 2. The van der Waals surface area contributed by atoms with Crippen LogP contribution in [0.4, 0.5) is 0 Å². The third-order valence-electron chi connectivity index (χ3n) is 4.55. The zero-order valence-corrected chi connectivity index (χ0v) is 16.9. The predicted octanol–water partition coefficient (Wildman–Crippen LogP) is 3.49. The second-order valence-electron chi connectivity index (χ2n) is 6.23. The van der Waals surface area contributed by atoms with Crippen LogP contribution in [0.2, 0.25) is 0 Å². The van der Waals surface area contributed by atoms with Crippen LogP contribution in [0.15, 0.2) is 58.1 Å². The molecule has 1 amide bonds. The van der Waals surface area contributed by atoms with Crippen molar-refractivity contribution in [2.45, 2.75) is 24.4 Å². The summed E-state index contributed by atoms with van der Waals surface area (Å²) in [4.78, 5) is 13.9. The summed E-state index contributed by atoms with van der Waals surface area (Å²) in [5, 5.41) is 6.42. The highest BCUT2D eigenvalue weighted by Gasteiger charge is 2.32. The zero-order valence-electron chi connectivity index (χ0n) is 14.4. The minimum atomic E-state index is -3.72. The van der Waals surface area contributed by atoms with Crippen molar-refractivity contribution in [3.05, 3.63) is 74.1 Å². The lowest BCUT2D eigenvalue weighted by atomic mass is 10.0. The fraction of sp³-hybridized carbons (Fsp3) is 0.211. The first-order valence-electron chi connectivity index (χ1n) is 8.51. The second-order valence-corrected chi connectivity index (χ2v) is 10.1. The number of nitrogens with zero attached hydrogens (tertiary/aromatic N) is 1. The molecular formula is C19H18N2O3S3. The van der Waals surface area contributed by atoms with Crippen LogP contribution in [-0.2, 0) is 29.5 Å². The summed E-state index contributed by atoms with van der Waals surface area (Å²) in [6.45, 7) is 1.15. The van der Waals surface area contributed by atoms with Gasteiger partial charge in [0.2, 0.25) is 10.0 Å². The molecule has 4 rings (SSSR count). The number of hydrogen-bond acceptors (Lipinski definition) is 5. The van der Waals surface area contributed by atoms with Gasteiger partial charge in [0.25, 0.3) is 5.91 Å². The van der Waals surface area contributed by atoms with Gasteiger partial charge in [-0.2, -0.15) is 4.31 Å². The molecule has 0 aliphatic carbocycles. The van der Waals surface area contributed by atoms with Gasteiger partial charge in [-0.25, -0.2) is 8.42 Å². The number of hydrogen-bond donors (Lipinski definition) is 1. The van der Waals surface area contributed by atoms with Gasteiger partial charge >= 0.3 is 0 Å². The Morgan fingerprint density at radius 2 is 1.85 bits per heavy atom. The lowest BCUT2D eigenvalue weighted by molar-refractivity contribution is 0.0952. The summed E-state index contributed by atoms with van der Waals surface area (Å²) in [7, 11) is -3.72. The molecule has 5 nitrogen and oxygen atoms in total. The lowest BCUT2D eigenvalue weighted by Gasteiger charge is -2.28. The van der Waals surface area contributed by atoms with E-state index in [1.807, 2.05) is 41.8 Å². The number of amides is 1. The van der Waals surface area contributed by atoms with Gasteiger partial charge in [0.05, 0.1) is 6.54 Å². The molecule has 140 valence electrons. The maximum atomic E-state index is 13.2. The standard InChI is InChI=1S/C19H18N2O3S3/c22-19(20-12-16-6-3-10-25-16)18-17(8-11-26-18)27(23,24)21-9-7-14-4-1-2-5-15(14)13-21/h1-6,8,10-11H,7,9,12-13H2,(H,20,22). The average molecular weight is 419 g/mol. The maximum absolute atomic E-state index is 13.2. The number of carbonyl (C=O) groups is 1. The first-order valence-corrected chi connectivity index (χ1v) is 11.7. The van der Waals surface area contributed by atoms with E-state index in [4.69, 9.17) is 0 Å². The number of rotatable bonds is 5. The van der Waals surface area contributed by atoms with Crippen LogP contribution in [0.1, 0.15) is 25.7 Å². The number of nitrogens with one attached hydrogen (secondary N) is 1. The highest BCUT2D eigenvalue weighted by Crippen LogP contribution is 2.29. The van der Waals surface area contributed by atoms with Gasteiger partial charge in [0.15, 0.2) is 0 Å². The molecule has 0 radical (unpaired) electrons. The fourth-order valence-electron chi connectivity index (χ4n) is 3.14. The number of sulfonamides is 1. The van der Waals surface area contributed by atoms with Crippen molar-refractivity contribution in [2.75, 3.05) is 6.54 Å². The molecule has 27 heavy (non-hydrogen) atoms. The molecule has 1 N–H and O–H groups in total. The topological polar surface area (TPSA) is 66.5 Å². The van der Waals surface area contributed by atoms with Crippen LogP contribution in [0.3, 0.4) is 0 Å². The van der Waals surface area contributed by atoms with Gasteiger partial charge in [-0.1, -0.05) is 30.3 Å². The number of benzene rings is 1. The number of carbonyl (C=O) groups excluding carboxylic acids is 1.